The van der Waals surface area contributed by atoms with Gasteiger partial charge in [0.2, 0.25) is 0 Å². The topological polar surface area (TPSA) is 21.6 Å². The maximum atomic E-state index is 5.60. The van der Waals surface area contributed by atoms with Crippen LogP contribution in [0.1, 0.15) is 30.0 Å². The molecule has 2 nitrogen and oxygen atoms in total. The number of aliphatic imine (C=N–C) groups is 1. The van der Waals surface area contributed by atoms with Crippen LogP contribution in [-0.4, -0.2) is 12.8 Å². The van der Waals surface area contributed by atoms with Crippen LogP contribution >= 0.6 is 11.8 Å². The second-order valence-electron chi connectivity index (χ2n) is 5.19. The van der Waals surface area contributed by atoms with E-state index in [-0.39, 0.29) is 0 Å². The predicted octanol–water partition coefficient (Wildman–Crippen LogP) is 5.20. The number of rotatable bonds is 3. The van der Waals surface area contributed by atoms with Gasteiger partial charge in [-0.15, -0.1) is 0 Å². The Hall–Kier alpha value is -2.00. The van der Waals surface area contributed by atoms with Crippen molar-refractivity contribution in [3.63, 3.8) is 0 Å². The van der Waals surface area contributed by atoms with Crippen LogP contribution in [0, 0.1) is 6.92 Å². The average molecular weight is 309 g/mol. The Balaban J connectivity index is 2.28. The van der Waals surface area contributed by atoms with Gasteiger partial charge in [-0.25, -0.2) is 0 Å². The first-order valence-corrected chi connectivity index (χ1v) is 8.30. The van der Waals surface area contributed by atoms with E-state index in [4.69, 9.17) is 9.73 Å². The summed E-state index contributed by atoms with van der Waals surface area (Å²) in [5.41, 5.74) is 5.53. The van der Waals surface area contributed by atoms with Crippen molar-refractivity contribution in [2.45, 2.75) is 25.2 Å². The quantitative estimate of drug-likeness (QED) is 0.777. The summed E-state index contributed by atoms with van der Waals surface area (Å²) in [5, 5.41) is 2.15. The molecule has 0 aliphatic carbocycles. The second kappa shape index (κ2) is 6.41. The number of ether oxygens (including phenoxy) is 1. The highest BCUT2D eigenvalue weighted by Gasteiger charge is 2.20. The summed E-state index contributed by atoms with van der Waals surface area (Å²) in [6.45, 7) is 4.24. The van der Waals surface area contributed by atoms with Gasteiger partial charge in [-0.1, -0.05) is 49.0 Å². The SMILES string of the molecule is CCC1=CSc2ccccc2C(c2c(C)cccc2OC)=N1. The minimum atomic E-state index is 0.871. The average Bonchev–Trinajstić information content (AvgIpc) is 2.74. The van der Waals surface area contributed by atoms with Gasteiger partial charge in [0.1, 0.15) is 5.75 Å². The molecule has 0 unspecified atom stereocenters. The van der Waals surface area contributed by atoms with Crippen molar-refractivity contribution in [3.8, 4) is 5.75 Å². The molecule has 0 saturated carbocycles. The van der Waals surface area contributed by atoms with Crippen LogP contribution < -0.4 is 4.74 Å². The van der Waals surface area contributed by atoms with Crippen LogP contribution in [0.3, 0.4) is 0 Å². The molecule has 0 fully saturated rings. The number of thioether (sulfide) groups is 1. The zero-order chi connectivity index (χ0) is 15.5. The van der Waals surface area contributed by atoms with E-state index in [1.165, 1.54) is 16.0 Å². The highest BCUT2D eigenvalue weighted by atomic mass is 32.2. The van der Waals surface area contributed by atoms with E-state index < -0.39 is 0 Å². The Kier molecular flexibility index (Phi) is 4.34. The monoisotopic (exact) mass is 309 g/mol. The van der Waals surface area contributed by atoms with Crippen LogP contribution in [0.4, 0.5) is 0 Å². The van der Waals surface area contributed by atoms with Gasteiger partial charge in [-0.3, -0.25) is 4.99 Å². The summed E-state index contributed by atoms with van der Waals surface area (Å²) in [5.74, 6) is 0.871. The number of fused-ring (bicyclic) bond motifs is 1. The highest BCUT2D eigenvalue weighted by Crippen LogP contribution is 2.35. The van der Waals surface area contributed by atoms with Crippen molar-refractivity contribution in [3.05, 3.63) is 70.3 Å². The molecule has 112 valence electrons. The lowest BCUT2D eigenvalue weighted by atomic mass is 9.96. The van der Waals surface area contributed by atoms with Gasteiger partial charge >= 0.3 is 0 Å². The van der Waals surface area contributed by atoms with Crippen LogP contribution in [0.2, 0.25) is 0 Å². The summed E-state index contributed by atoms with van der Waals surface area (Å²) in [6.07, 6.45) is 0.915. The minimum Gasteiger partial charge on any atom is -0.496 e. The molecule has 1 aliphatic rings. The summed E-state index contributed by atoms with van der Waals surface area (Å²) >= 11 is 1.74. The largest absolute Gasteiger partial charge is 0.496 e. The van der Waals surface area contributed by atoms with E-state index in [9.17, 15) is 0 Å². The van der Waals surface area contributed by atoms with Crippen molar-refractivity contribution < 1.29 is 4.74 Å². The number of aryl methyl sites for hydroxylation is 1. The van der Waals surface area contributed by atoms with E-state index in [2.05, 4.69) is 49.6 Å². The zero-order valence-electron chi connectivity index (χ0n) is 13.1. The Morgan fingerprint density at radius 2 is 1.91 bits per heavy atom. The van der Waals surface area contributed by atoms with Crippen LogP contribution in [0.15, 0.2) is 63.5 Å². The molecule has 0 aromatic heterocycles. The molecule has 1 aliphatic heterocycles. The summed E-state index contributed by atoms with van der Waals surface area (Å²) in [6, 6.07) is 14.6. The molecule has 0 bridgehead atoms. The minimum absolute atomic E-state index is 0.871. The molecule has 3 heteroatoms. The highest BCUT2D eigenvalue weighted by molar-refractivity contribution is 8.02. The molecule has 3 rings (SSSR count). The number of nitrogens with zero attached hydrogens (tertiary/aromatic N) is 1. The van der Waals surface area contributed by atoms with E-state index in [0.717, 1.165) is 29.1 Å². The molecule has 0 N–H and O–H groups in total. The first-order chi connectivity index (χ1) is 10.7. The first-order valence-electron chi connectivity index (χ1n) is 7.42. The number of hydrogen-bond donors (Lipinski definition) is 0. The lowest BCUT2D eigenvalue weighted by Crippen LogP contribution is -2.09. The number of benzene rings is 2. The maximum Gasteiger partial charge on any atom is 0.128 e. The van der Waals surface area contributed by atoms with Crippen LogP contribution in [0.25, 0.3) is 0 Å². The molecule has 22 heavy (non-hydrogen) atoms. The normalized spacial score (nSPS) is 13.8. The van der Waals surface area contributed by atoms with Gasteiger partial charge in [0.25, 0.3) is 0 Å². The summed E-state index contributed by atoms with van der Waals surface area (Å²) in [7, 11) is 1.72. The van der Waals surface area contributed by atoms with Crippen LogP contribution in [0.5, 0.6) is 5.75 Å². The molecule has 2 aromatic carbocycles. The maximum absolute atomic E-state index is 5.60. The third kappa shape index (κ3) is 2.69. The zero-order valence-corrected chi connectivity index (χ0v) is 13.9. The lowest BCUT2D eigenvalue weighted by molar-refractivity contribution is 0.413. The number of methoxy groups -OCH3 is 1. The van der Waals surface area contributed by atoms with Crippen molar-refractivity contribution in [1.29, 1.82) is 0 Å². The smallest absolute Gasteiger partial charge is 0.128 e. The van der Waals surface area contributed by atoms with E-state index in [1.54, 1.807) is 18.9 Å². The van der Waals surface area contributed by atoms with Gasteiger partial charge in [0.05, 0.1) is 12.8 Å². The Morgan fingerprint density at radius 3 is 2.68 bits per heavy atom. The van der Waals surface area contributed by atoms with Gasteiger partial charge in [-0.2, -0.15) is 0 Å². The fourth-order valence-electron chi connectivity index (χ4n) is 2.59. The molecular weight excluding hydrogens is 290 g/mol. The van der Waals surface area contributed by atoms with E-state index in [0.29, 0.717) is 0 Å². The summed E-state index contributed by atoms with van der Waals surface area (Å²) in [4.78, 5) is 6.18. The Morgan fingerprint density at radius 1 is 1.09 bits per heavy atom. The molecular formula is C19H19NOS. The molecule has 0 radical (unpaired) electrons. The lowest BCUT2D eigenvalue weighted by Gasteiger charge is -2.15. The van der Waals surface area contributed by atoms with E-state index in [1.807, 2.05) is 12.1 Å². The molecule has 0 atom stereocenters. The van der Waals surface area contributed by atoms with Gasteiger partial charge in [0, 0.05) is 21.7 Å². The van der Waals surface area contributed by atoms with Crippen molar-refractivity contribution in [2.75, 3.05) is 7.11 Å². The molecule has 2 aromatic rings. The van der Waals surface area contributed by atoms with E-state index >= 15 is 0 Å². The summed E-state index contributed by atoms with van der Waals surface area (Å²) < 4.78 is 5.60. The fourth-order valence-corrected chi connectivity index (χ4v) is 3.53. The Labute approximate surface area is 135 Å². The van der Waals surface area contributed by atoms with Crippen LogP contribution in [-0.2, 0) is 0 Å². The third-order valence-electron chi connectivity index (χ3n) is 3.77. The van der Waals surface area contributed by atoms with Gasteiger partial charge in [-0.05, 0) is 36.4 Å². The van der Waals surface area contributed by atoms with Crippen molar-refractivity contribution in [1.82, 2.24) is 0 Å². The molecule has 0 spiro atoms. The standard InChI is InChI=1S/C19H19NOS/c1-4-14-12-22-17-11-6-5-9-15(17)19(20-14)18-13(2)8-7-10-16(18)21-3/h5-12H,4H2,1-3H3. The predicted molar refractivity (Wildman–Crippen MR) is 94.0 cm³/mol. The number of hydrogen-bond acceptors (Lipinski definition) is 3. The fraction of sp³-hybridized carbons (Fsp3) is 0.211. The molecule has 0 saturated heterocycles. The molecule has 1 heterocycles. The number of allylic oxidation sites excluding steroid dienone is 1. The van der Waals surface area contributed by atoms with Gasteiger partial charge < -0.3 is 4.74 Å². The first kappa shape index (κ1) is 14.9. The second-order valence-corrected chi connectivity index (χ2v) is 6.10. The third-order valence-corrected chi connectivity index (χ3v) is 4.77. The van der Waals surface area contributed by atoms with Crippen molar-refractivity contribution in [2.24, 2.45) is 4.99 Å². The Bertz CT molecular complexity index is 762. The van der Waals surface area contributed by atoms with Crippen molar-refractivity contribution >= 4 is 17.5 Å². The molecule has 0 amide bonds. The van der Waals surface area contributed by atoms with Gasteiger partial charge in [0.15, 0.2) is 0 Å².